The molecule has 3 nitrogen and oxygen atoms in total. The molecule has 0 fully saturated rings. The number of ether oxygens (including phenoxy) is 2. The molecule has 1 aromatic rings. The SMILES string of the molecule is CC(C)(CO)c1cc2c(c(Br)c1F)OCO2. The van der Waals surface area contributed by atoms with Crippen LogP contribution in [0, 0.1) is 5.82 Å². The number of rotatable bonds is 2. The fourth-order valence-corrected chi connectivity index (χ4v) is 2.08. The standard InChI is InChI=1S/C11H12BrFO3/c1-11(2,4-14)6-3-7-10(16-5-15-7)8(12)9(6)13/h3,14H,4-5H2,1-2H3. The van der Waals surface area contributed by atoms with E-state index in [4.69, 9.17) is 9.47 Å². The highest BCUT2D eigenvalue weighted by molar-refractivity contribution is 9.10. The zero-order valence-corrected chi connectivity index (χ0v) is 10.6. The fraction of sp³-hybridized carbons (Fsp3) is 0.455. The van der Waals surface area contributed by atoms with Crippen LogP contribution < -0.4 is 9.47 Å². The third kappa shape index (κ3) is 1.68. The lowest BCUT2D eigenvalue weighted by molar-refractivity contribution is 0.173. The first kappa shape index (κ1) is 11.7. The highest BCUT2D eigenvalue weighted by Crippen LogP contribution is 2.44. The normalized spacial score (nSPS) is 14.3. The van der Waals surface area contributed by atoms with E-state index in [1.54, 1.807) is 19.9 Å². The summed E-state index contributed by atoms with van der Waals surface area (Å²) >= 11 is 3.14. The summed E-state index contributed by atoms with van der Waals surface area (Å²) in [6.07, 6.45) is 0. The Morgan fingerprint density at radius 1 is 1.50 bits per heavy atom. The Labute approximate surface area is 101 Å². The van der Waals surface area contributed by atoms with Gasteiger partial charge in [-0.05, 0) is 22.0 Å². The molecule has 0 unspecified atom stereocenters. The molecule has 5 heteroatoms. The second kappa shape index (κ2) is 3.89. The van der Waals surface area contributed by atoms with Crippen LogP contribution in [0.3, 0.4) is 0 Å². The van der Waals surface area contributed by atoms with Gasteiger partial charge in [0.25, 0.3) is 0 Å². The molecule has 1 N–H and O–H groups in total. The Hall–Kier alpha value is -0.810. The lowest BCUT2D eigenvalue weighted by Gasteiger charge is -2.23. The van der Waals surface area contributed by atoms with Crippen LogP contribution in [0.2, 0.25) is 0 Å². The maximum Gasteiger partial charge on any atom is 0.231 e. The minimum atomic E-state index is -0.659. The van der Waals surface area contributed by atoms with Crippen LogP contribution in [0.1, 0.15) is 19.4 Å². The van der Waals surface area contributed by atoms with Crippen LogP contribution in [0.4, 0.5) is 4.39 Å². The van der Waals surface area contributed by atoms with Gasteiger partial charge in [-0.2, -0.15) is 0 Å². The fourth-order valence-electron chi connectivity index (χ4n) is 1.56. The largest absolute Gasteiger partial charge is 0.454 e. The van der Waals surface area contributed by atoms with Crippen molar-refractivity contribution in [2.75, 3.05) is 13.4 Å². The van der Waals surface area contributed by atoms with Gasteiger partial charge in [0.05, 0.1) is 11.1 Å². The molecule has 0 aliphatic carbocycles. The number of hydrogen-bond donors (Lipinski definition) is 1. The van der Waals surface area contributed by atoms with E-state index in [-0.39, 0.29) is 17.9 Å². The van der Waals surface area contributed by atoms with Gasteiger partial charge in [0, 0.05) is 11.0 Å². The van der Waals surface area contributed by atoms with Crippen molar-refractivity contribution in [1.29, 1.82) is 0 Å². The number of hydrogen-bond acceptors (Lipinski definition) is 3. The van der Waals surface area contributed by atoms with Crippen LogP contribution in [-0.2, 0) is 5.41 Å². The monoisotopic (exact) mass is 290 g/mol. The molecule has 2 rings (SSSR count). The summed E-state index contributed by atoms with van der Waals surface area (Å²) in [6, 6.07) is 1.58. The van der Waals surface area contributed by atoms with E-state index in [0.717, 1.165) is 0 Å². The topological polar surface area (TPSA) is 38.7 Å². The summed E-state index contributed by atoms with van der Waals surface area (Å²) in [5.74, 6) is 0.475. The van der Waals surface area contributed by atoms with Crippen LogP contribution in [0.15, 0.2) is 10.5 Å². The van der Waals surface area contributed by atoms with Crippen LogP contribution in [0.5, 0.6) is 11.5 Å². The Bertz CT molecular complexity index is 432. The zero-order chi connectivity index (χ0) is 11.9. The molecule has 0 saturated heterocycles. The molecule has 16 heavy (non-hydrogen) atoms. The first-order chi connectivity index (χ1) is 7.47. The van der Waals surface area contributed by atoms with Crippen molar-refractivity contribution < 1.29 is 19.0 Å². The molecule has 0 aromatic heterocycles. The molecule has 0 spiro atoms. The average molecular weight is 291 g/mol. The van der Waals surface area contributed by atoms with Crippen molar-refractivity contribution in [3.05, 3.63) is 21.9 Å². The van der Waals surface area contributed by atoms with Crippen molar-refractivity contribution in [2.45, 2.75) is 19.3 Å². The molecule has 0 atom stereocenters. The number of fused-ring (bicyclic) bond motifs is 1. The number of aliphatic hydroxyl groups is 1. The molecule has 1 aliphatic heterocycles. The molecule has 1 heterocycles. The van der Waals surface area contributed by atoms with Gasteiger partial charge >= 0.3 is 0 Å². The molecular formula is C11H12BrFO3. The lowest BCUT2D eigenvalue weighted by atomic mass is 9.85. The Morgan fingerprint density at radius 3 is 2.81 bits per heavy atom. The molecule has 1 aromatic carbocycles. The van der Waals surface area contributed by atoms with Gasteiger partial charge in [-0.1, -0.05) is 13.8 Å². The van der Waals surface area contributed by atoms with Crippen molar-refractivity contribution in [3.63, 3.8) is 0 Å². The van der Waals surface area contributed by atoms with E-state index in [2.05, 4.69) is 15.9 Å². The zero-order valence-electron chi connectivity index (χ0n) is 9.01. The quantitative estimate of drug-likeness (QED) is 0.910. The van der Waals surface area contributed by atoms with Crippen LogP contribution in [0.25, 0.3) is 0 Å². The lowest BCUT2D eigenvalue weighted by Crippen LogP contribution is -2.23. The predicted octanol–water partition coefficient (Wildman–Crippen LogP) is 2.59. The Morgan fingerprint density at radius 2 is 2.19 bits per heavy atom. The Balaban J connectivity index is 2.60. The molecule has 0 bridgehead atoms. The maximum absolute atomic E-state index is 14.0. The second-order valence-electron chi connectivity index (χ2n) is 4.33. The number of aliphatic hydroxyl groups excluding tert-OH is 1. The van der Waals surface area contributed by atoms with Gasteiger partial charge in [0.2, 0.25) is 6.79 Å². The summed E-state index contributed by atoms with van der Waals surface area (Å²) < 4.78 is 24.6. The van der Waals surface area contributed by atoms with Crippen molar-refractivity contribution in [2.24, 2.45) is 0 Å². The van der Waals surface area contributed by atoms with Gasteiger partial charge in [0.1, 0.15) is 5.82 Å². The van der Waals surface area contributed by atoms with E-state index in [9.17, 15) is 9.50 Å². The summed E-state index contributed by atoms with van der Waals surface area (Å²) in [5.41, 5.74) is -0.251. The smallest absolute Gasteiger partial charge is 0.231 e. The van der Waals surface area contributed by atoms with E-state index in [1.165, 1.54) is 0 Å². The van der Waals surface area contributed by atoms with Crippen LogP contribution in [-0.4, -0.2) is 18.5 Å². The highest BCUT2D eigenvalue weighted by Gasteiger charge is 2.30. The first-order valence-electron chi connectivity index (χ1n) is 4.86. The molecule has 0 radical (unpaired) electrons. The van der Waals surface area contributed by atoms with E-state index in [0.29, 0.717) is 17.1 Å². The molecule has 1 aliphatic rings. The highest BCUT2D eigenvalue weighted by atomic mass is 79.9. The maximum atomic E-state index is 14.0. The third-order valence-corrected chi connectivity index (χ3v) is 3.38. The molecular weight excluding hydrogens is 279 g/mol. The Kier molecular flexibility index (Phi) is 2.84. The first-order valence-corrected chi connectivity index (χ1v) is 5.65. The summed E-state index contributed by atoms with van der Waals surface area (Å²) in [5, 5.41) is 9.26. The summed E-state index contributed by atoms with van der Waals surface area (Å²) in [6.45, 7) is 3.48. The predicted molar refractivity (Wildman–Crippen MR) is 60.3 cm³/mol. The number of halogens is 2. The van der Waals surface area contributed by atoms with Crippen LogP contribution >= 0.6 is 15.9 Å². The minimum Gasteiger partial charge on any atom is -0.454 e. The van der Waals surface area contributed by atoms with Gasteiger partial charge in [-0.3, -0.25) is 0 Å². The third-order valence-electron chi connectivity index (χ3n) is 2.67. The summed E-state index contributed by atoms with van der Waals surface area (Å²) in [7, 11) is 0. The van der Waals surface area contributed by atoms with Gasteiger partial charge in [-0.25, -0.2) is 4.39 Å². The molecule has 0 saturated carbocycles. The van der Waals surface area contributed by atoms with E-state index < -0.39 is 11.2 Å². The average Bonchev–Trinajstić information content (AvgIpc) is 2.71. The van der Waals surface area contributed by atoms with Crippen molar-refractivity contribution >= 4 is 15.9 Å². The second-order valence-corrected chi connectivity index (χ2v) is 5.12. The summed E-state index contributed by atoms with van der Waals surface area (Å²) in [4.78, 5) is 0. The minimum absolute atomic E-state index is 0.0936. The van der Waals surface area contributed by atoms with Gasteiger partial charge in [0.15, 0.2) is 11.5 Å². The molecule has 0 amide bonds. The number of benzene rings is 1. The van der Waals surface area contributed by atoms with E-state index in [1.807, 2.05) is 0 Å². The van der Waals surface area contributed by atoms with Crippen molar-refractivity contribution in [1.82, 2.24) is 0 Å². The van der Waals surface area contributed by atoms with E-state index >= 15 is 0 Å². The van der Waals surface area contributed by atoms with Crippen molar-refractivity contribution in [3.8, 4) is 11.5 Å². The molecule has 88 valence electrons. The van der Waals surface area contributed by atoms with Gasteiger partial charge in [-0.15, -0.1) is 0 Å². The van der Waals surface area contributed by atoms with Gasteiger partial charge < -0.3 is 14.6 Å².